The fourth-order valence-corrected chi connectivity index (χ4v) is 7.34. The molecule has 0 bridgehead atoms. The average Bonchev–Trinajstić information content (AvgIpc) is 2.79. The number of fused-ring (bicyclic) bond motifs is 5. The maximum absolute atomic E-state index is 12.3. The van der Waals surface area contributed by atoms with Gasteiger partial charge in [-0.15, -0.1) is 5.41 Å². The molecule has 138 valence electrons. The first-order valence-electron chi connectivity index (χ1n) is 9.64. The Morgan fingerprint density at radius 2 is 1.81 bits per heavy atom. The molecule has 4 rings (SSSR count). The summed E-state index contributed by atoms with van der Waals surface area (Å²) in [6, 6.07) is 0. The van der Waals surface area contributed by atoms with E-state index in [1.165, 1.54) is 11.1 Å². The quantitative estimate of drug-likeness (QED) is 0.343. The molecule has 0 aromatic rings. The van der Waals surface area contributed by atoms with Crippen molar-refractivity contribution in [3.05, 3.63) is 29.4 Å². The number of carbonyl (C=O) groups is 1. The van der Waals surface area contributed by atoms with E-state index in [4.69, 9.17) is 0 Å². The molecule has 26 heavy (non-hydrogen) atoms. The Bertz CT molecular complexity index is 669. The minimum absolute atomic E-state index is 0. The van der Waals surface area contributed by atoms with Gasteiger partial charge < -0.3 is 5.11 Å². The summed E-state index contributed by atoms with van der Waals surface area (Å²) in [6.45, 7) is 11.4. The number of rotatable bonds is 0. The van der Waals surface area contributed by atoms with Gasteiger partial charge in [-0.05, 0) is 41.7 Å². The van der Waals surface area contributed by atoms with Gasteiger partial charge in [-0.1, -0.05) is 64.5 Å². The summed E-state index contributed by atoms with van der Waals surface area (Å²) in [6.07, 6.45) is 10.3. The third kappa shape index (κ3) is 3.22. The summed E-state index contributed by atoms with van der Waals surface area (Å²) in [5.41, 5.74) is 2.79. The van der Waals surface area contributed by atoms with Crippen LogP contribution in [-0.2, 0) is 4.79 Å². The van der Waals surface area contributed by atoms with Crippen molar-refractivity contribution >= 4 is 5.78 Å². The van der Waals surface area contributed by atoms with Crippen molar-refractivity contribution in [3.8, 4) is 0 Å². The van der Waals surface area contributed by atoms with Crippen molar-refractivity contribution in [3.63, 3.8) is 0 Å². The van der Waals surface area contributed by atoms with Crippen LogP contribution in [0, 0.1) is 128 Å². The molecule has 4 heteroatoms. The first-order valence-corrected chi connectivity index (χ1v) is 9.64. The van der Waals surface area contributed by atoms with Gasteiger partial charge in [-0.3, -0.25) is 4.79 Å². The second-order valence-electron chi connectivity index (χ2n) is 9.72. The average molecular weight is 781 g/mol. The van der Waals surface area contributed by atoms with Crippen LogP contribution in [0.25, 0.3) is 0 Å². The zero-order valence-electron chi connectivity index (χ0n) is 16.9. The number of hydrogen-bond donors (Lipinski definition) is 1. The van der Waals surface area contributed by atoms with Crippen LogP contribution in [0.4, 0.5) is 0 Å². The molecule has 2 nitrogen and oxygen atoms in total. The Labute approximate surface area is 230 Å². The topological polar surface area (TPSA) is 37.3 Å². The zero-order valence-corrected chi connectivity index (χ0v) is 26.4. The first-order chi connectivity index (χ1) is 11.1. The Morgan fingerprint density at radius 3 is 2.46 bits per heavy atom. The third-order valence-corrected chi connectivity index (χ3v) is 8.39. The van der Waals surface area contributed by atoms with E-state index in [0.717, 1.165) is 38.2 Å². The monoisotopic (exact) mass is 781 g/mol. The smallest absolute Gasteiger partial charge is 0.158 e. The van der Waals surface area contributed by atoms with Gasteiger partial charge in [0, 0.05) is 94.0 Å². The molecule has 1 N–H and O–H groups in total. The van der Waals surface area contributed by atoms with E-state index in [9.17, 15) is 9.90 Å². The molecule has 0 spiro atoms. The van der Waals surface area contributed by atoms with Crippen LogP contribution in [0.1, 0.15) is 66.7 Å². The second-order valence-corrected chi connectivity index (χ2v) is 9.72. The summed E-state index contributed by atoms with van der Waals surface area (Å²) in [5, 5.41) is 10.6. The fourth-order valence-electron chi connectivity index (χ4n) is 7.34. The molecule has 0 aromatic carbocycles. The largest absolute Gasteiger partial charge is 0.562 e. The first kappa shape index (κ1) is 24.3. The van der Waals surface area contributed by atoms with Gasteiger partial charge >= 0.3 is 0 Å². The van der Waals surface area contributed by atoms with E-state index < -0.39 is 0 Å². The molecule has 2 fully saturated rings. The normalized spacial score (nSPS) is 47.5. The van der Waals surface area contributed by atoms with E-state index in [2.05, 4.69) is 40.7 Å². The third-order valence-electron chi connectivity index (χ3n) is 8.39. The summed E-state index contributed by atoms with van der Waals surface area (Å²) >= 11 is 0. The number of ketones is 1. The van der Waals surface area contributed by atoms with Crippen LogP contribution < -0.4 is 0 Å². The molecule has 2 radical (unpaired) electrons. The van der Waals surface area contributed by atoms with Gasteiger partial charge in [0.15, 0.2) is 5.78 Å². The van der Waals surface area contributed by atoms with Crippen LogP contribution in [0.5, 0.6) is 0 Å². The number of carbonyl (C=O) groups excluding carboxylic acids is 1. The van der Waals surface area contributed by atoms with E-state index in [1.807, 2.05) is 6.08 Å². The SMILES string of the molecule is CC1=C[C@]2(C)[C@H](CC[C@]3(C)[C-](O)CC[C@@H]23)[C@@]2(C)C[C@@H](C)C(=O)C=C12.[Ac].[Ac]. The van der Waals surface area contributed by atoms with Gasteiger partial charge in [0.1, 0.15) is 0 Å². The molecule has 4 aliphatic carbocycles. The predicted octanol–water partition coefficient (Wildman–Crippen LogP) is 5.22. The van der Waals surface area contributed by atoms with Gasteiger partial charge in [-0.25, -0.2) is 0 Å². The maximum Gasteiger partial charge on any atom is 0.158 e. The van der Waals surface area contributed by atoms with Crippen molar-refractivity contribution in [2.45, 2.75) is 66.7 Å². The van der Waals surface area contributed by atoms with Gasteiger partial charge in [0.25, 0.3) is 0 Å². The number of allylic oxidation sites excluding steroid dienone is 4. The minimum atomic E-state index is -0.0181. The standard InChI is InChI=1S/C22H31O2.2Ac/c1-13-11-22(5)17-6-7-19(24)20(17,3)9-8-18(22)21(4)12-14(2)16(23)10-15(13)21;;/h10-11,14,17-18,24H,6-9,12H2,1-5H3;;/q-1;;/t14-,17-,18-,20+,21+,22+;;/m1../s1. The Hall–Kier alpha value is 1.99. The van der Waals surface area contributed by atoms with Crippen molar-refractivity contribution in [1.29, 1.82) is 0 Å². The van der Waals surface area contributed by atoms with Gasteiger partial charge in [-0.2, -0.15) is 12.5 Å². The molecule has 0 amide bonds. The molecular weight excluding hydrogens is 750 g/mol. The number of aliphatic hydroxyl groups is 1. The number of aliphatic hydroxyl groups excluding tert-OH is 1. The van der Waals surface area contributed by atoms with Crippen LogP contribution in [0.15, 0.2) is 23.3 Å². The number of hydrogen-bond acceptors (Lipinski definition) is 2. The Morgan fingerprint density at radius 1 is 1.15 bits per heavy atom. The zero-order chi connectivity index (χ0) is 17.5. The molecule has 0 heterocycles. The summed E-state index contributed by atoms with van der Waals surface area (Å²) in [4.78, 5) is 12.3. The van der Waals surface area contributed by atoms with Crippen molar-refractivity contribution in [2.75, 3.05) is 0 Å². The van der Waals surface area contributed by atoms with E-state index in [1.54, 1.807) is 0 Å². The summed E-state index contributed by atoms with van der Waals surface area (Å²) in [5.74, 6) is 1.52. The molecule has 4 aliphatic rings. The van der Waals surface area contributed by atoms with Crippen molar-refractivity contribution in [2.24, 2.45) is 34.0 Å². The Balaban J connectivity index is 0.00000121. The van der Waals surface area contributed by atoms with E-state index in [0.29, 0.717) is 17.6 Å². The Kier molecular flexibility index (Phi) is 7.39. The maximum atomic E-state index is 12.3. The second kappa shape index (κ2) is 7.92. The summed E-state index contributed by atoms with van der Waals surface area (Å²) in [7, 11) is 0. The minimum Gasteiger partial charge on any atom is -0.562 e. The van der Waals surface area contributed by atoms with Crippen molar-refractivity contribution < 1.29 is 98.0 Å². The van der Waals surface area contributed by atoms with Crippen LogP contribution >= 0.6 is 0 Å². The van der Waals surface area contributed by atoms with Crippen molar-refractivity contribution in [1.82, 2.24) is 0 Å². The van der Waals surface area contributed by atoms with E-state index in [-0.39, 0.29) is 110 Å². The summed E-state index contributed by atoms with van der Waals surface area (Å²) < 4.78 is 0. The molecular formula is C22H31Ac2O2-. The molecule has 0 aromatic heterocycles. The molecule has 0 aliphatic heterocycles. The van der Waals surface area contributed by atoms with Crippen LogP contribution in [0.3, 0.4) is 0 Å². The molecule has 2 saturated carbocycles. The van der Waals surface area contributed by atoms with Gasteiger partial charge in [0.2, 0.25) is 0 Å². The molecule has 0 unspecified atom stereocenters. The molecule has 0 saturated heterocycles. The predicted molar refractivity (Wildman–Crippen MR) is 95.6 cm³/mol. The van der Waals surface area contributed by atoms with Crippen LogP contribution in [-0.4, -0.2) is 10.9 Å². The van der Waals surface area contributed by atoms with E-state index >= 15 is 0 Å². The van der Waals surface area contributed by atoms with Gasteiger partial charge in [0.05, 0.1) is 0 Å². The fraction of sp³-hybridized carbons (Fsp3) is 0.727. The van der Waals surface area contributed by atoms with Crippen LogP contribution in [0.2, 0.25) is 0 Å². The molecule has 6 atom stereocenters.